The molecule has 0 aromatic carbocycles. The lowest BCUT2D eigenvalue weighted by Crippen LogP contribution is -2.51. The first-order valence-electron chi connectivity index (χ1n) is 3.30. The molecular formula is C6H9BrO3. The second kappa shape index (κ2) is 2.44. The first kappa shape index (κ1) is 7.03. The molecule has 2 aliphatic rings. The van der Waals surface area contributed by atoms with Crippen molar-refractivity contribution in [1.29, 1.82) is 0 Å². The van der Waals surface area contributed by atoms with Gasteiger partial charge in [-0.05, 0) is 0 Å². The number of hydrogen-bond donors (Lipinski definition) is 0. The van der Waals surface area contributed by atoms with Crippen molar-refractivity contribution in [3.05, 3.63) is 0 Å². The highest BCUT2D eigenvalue weighted by molar-refractivity contribution is 9.09. The van der Waals surface area contributed by atoms with Crippen LogP contribution in [0.4, 0.5) is 0 Å². The zero-order chi connectivity index (χ0) is 7.03. The van der Waals surface area contributed by atoms with E-state index in [2.05, 4.69) is 15.9 Å². The van der Waals surface area contributed by atoms with Crippen LogP contribution in [0.5, 0.6) is 0 Å². The molecule has 2 rings (SSSR count). The fourth-order valence-electron chi connectivity index (χ4n) is 1.11. The van der Waals surface area contributed by atoms with E-state index in [1.54, 1.807) is 0 Å². The van der Waals surface area contributed by atoms with E-state index in [4.69, 9.17) is 14.2 Å². The molecule has 3 nitrogen and oxygen atoms in total. The molecule has 0 radical (unpaired) electrons. The van der Waals surface area contributed by atoms with Gasteiger partial charge in [-0.2, -0.15) is 0 Å². The fraction of sp³-hybridized carbons (Fsp3) is 1.00. The highest BCUT2D eigenvalue weighted by Crippen LogP contribution is 2.31. The number of hydrogen-bond acceptors (Lipinski definition) is 3. The molecule has 1 atom stereocenters. The monoisotopic (exact) mass is 208 g/mol. The van der Waals surface area contributed by atoms with E-state index in [0.29, 0.717) is 19.8 Å². The highest BCUT2D eigenvalue weighted by Gasteiger charge is 2.47. The van der Waals surface area contributed by atoms with Crippen LogP contribution in [-0.2, 0) is 14.2 Å². The summed E-state index contributed by atoms with van der Waals surface area (Å²) in [4.78, 5) is 0. The quantitative estimate of drug-likeness (QED) is 0.589. The van der Waals surface area contributed by atoms with Crippen molar-refractivity contribution in [3.8, 4) is 0 Å². The second-order valence-electron chi connectivity index (χ2n) is 2.61. The standard InChI is InChI=1S/C6H9BrO3/c7-1-5-2-9-6(10-5)3-8-4-6/h5H,1-4H2. The molecule has 0 saturated carbocycles. The lowest BCUT2D eigenvalue weighted by Gasteiger charge is -2.35. The van der Waals surface area contributed by atoms with Gasteiger partial charge in [0.2, 0.25) is 5.79 Å². The Hall–Kier alpha value is 0.360. The largest absolute Gasteiger partial charge is 0.370 e. The van der Waals surface area contributed by atoms with Crippen LogP contribution in [-0.4, -0.2) is 37.0 Å². The first-order chi connectivity index (χ1) is 4.85. The Morgan fingerprint density at radius 2 is 2.30 bits per heavy atom. The van der Waals surface area contributed by atoms with Crippen molar-refractivity contribution in [2.45, 2.75) is 11.9 Å². The van der Waals surface area contributed by atoms with E-state index in [1.807, 2.05) is 0 Å². The van der Waals surface area contributed by atoms with E-state index in [9.17, 15) is 0 Å². The Morgan fingerprint density at radius 1 is 1.50 bits per heavy atom. The topological polar surface area (TPSA) is 27.7 Å². The normalized spacial score (nSPS) is 36.3. The Morgan fingerprint density at radius 3 is 2.60 bits per heavy atom. The van der Waals surface area contributed by atoms with Crippen molar-refractivity contribution in [2.24, 2.45) is 0 Å². The summed E-state index contributed by atoms with van der Waals surface area (Å²) in [6.45, 7) is 1.88. The van der Waals surface area contributed by atoms with Gasteiger partial charge in [-0.25, -0.2) is 0 Å². The van der Waals surface area contributed by atoms with Crippen molar-refractivity contribution in [2.75, 3.05) is 25.2 Å². The van der Waals surface area contributed by atoms with Crippen LogP contribution in [0.3, 0.4) is 0 Å². The molecule has 0 aromatic rings. The summed E-state index contributed by atoms with van der Waals surface area (Å²) in [6, 6.07) is 0. The molecular weight excluding hydrogens is 200 g/mol. The molecule has 4 heteroatoms. The van der Waals surface area contributed by atoms with Crippen LogP contribution in [0.1, 0.15) is 0 Å². The van der Waals surface area contributed by atoms with Crippen molar-refractivity contribution in [1.82, 2.24) is 0 Å². The van der Waals surface area contributed by atoms with E-state index >= 15 is 0 Å². The number of halogens is 1. The summed E-state index contributed by atoms with van der Waals surface area (Å²) in [5.74, 6) is -0.363. The summed E-state index contributed by atoms with van der Waals surface area (Å²) in [5.41, 5.74) is 0. The summed E-state index contributed by atoms with van der Waals surface area (Å²) >= 11 is 3.34. The molecule has 0 bridgehead atoms. The average Bonchev–Trinajstić information content (AvgIpc) is 2.29. The van der Waals surface area contributed by atoms with Gasteiger partial charge in [0.05, 0.1) is 12.7 Å². The zero-order valence-corrected chi connectivity index (χ0v) is 7.09. The van der Waals surface area contributed by atoms with Gasteiger partial charge in [0.25, 0.3) is 0 Å². The van der Waals surface area contributed by atoms with Crippen molar-refractivity contribution >= 4 is 15.9 Å². The van der Waals surface area contributed by atoms with Crippen LogP contribution in [0.25, 0.3) is 0 Å². The zero-order valence-electron chi connectivity index (χ0n) is 5.51. The summed E-state index contributed by atoms with van der Waals surface area (Å²) < 4.78 is 15.9. The van der Waals surface area contributed by atoms with Gasteiger partial charge >= 0.3 is 0 Å². The minimum absolute atomic E-state index is 0.212. The fourth-order valence-corrected chi connectivity index (χ4v) is 1.43. The molecule has 58 valence electrons. The summed E-state index contributed by atoms with van der Waals surface area (Å²) in [7, 11) is 0. The molecule has 2 fully saturated rings. The summed E-state index contributed by atoms with van der Waals surface area (Å²) in [6.07, 6.45) is 0.212. The minimum atomic E-state index is -0.363. The molecule has 0 amide bonds. The molecule has 1 spiro atoms. The molecule has 0 N–H and O–H groups in total. The SMILES string of the molecule is BrCC1COC2(COC2)O1. The van der Waals surface area contributed by atoms with Crippen molar-refractivity contribution in [3.63, 3.8) is 0 Å². The van der Waals surface area contributed by atoms with Gasteiger partial charge in [-0.3, -0.25) is 0 Å². The van der Waals surface area contributed by atoms with Gasteiger partial charge in [0.15, 0.2) is 0 Å². The Balaban J connectivity index is 1.92. The maximum absolute atomic E-state index is 5.54. The molecule has 2 saturated heterocycles. The van der Waals surface area contributed by atoms with Gasteiger partial charge in [0, 0.05) is 5.33 Å². The Bertz CT molecular complexity index is 135. The second-order valence-corrected chi connectivity index (χ2v) is 3.26. The number of ether oxygens (including phenoxy) is 3. The van der Waals surface area contributed by atoms with Crippen LogP contribution >= 0.6 is 15.9 Å². The van der Waals surface area contributed by atoms with E-state index in [-0.39, 0.29) is 11.9 Å². The number of rotatable bonds is 1. The van der Waals surface area contributed by atoms with Crippen LogP contribution in [0, 0.1) is 0 Å². The third kappa shape index (κ3) is 0.993. The average molecular weight is 209 g/mol. The molecule has 0 aromatic heterocycles. The van der Waals surface area contributed by atoms with E-state index in [0.717, 1.165) is 5.33 Å². The highest BCUT2D eigenvalue weighted by atomic mass is 79.9. The van der Waals surface area contributed by atoms with Crippen LogP contribution in [0.2, 0.25) is 0 Å². The first-order valence-corrected chi connectivity index (χ1v) is 4.42. The molecule has 2 aliphatic heterocycles. The summed E-state index contributed by atoms with van der Waals surface area (Å²) in [5, 5.41) is 0.842. The third-order valence-electron chi connectivity index (χ3n) is 1.73. The van der Waals surface area contributed by atoms with Crippen molar-refractivity contribution < 1.29 is 14.2 Å². The molecule has 1 unspecified atom stereocenters. The third-order valence-corrected chi connectivity index (χ3v) is 2.45. The minimum Gasteiger partial charge on any atom is -0.370 e. The van der Waals surface area contributed by atoms with Crippen LogP contribution in [0.15, 0.2) is 0 Å². The van der Waals surface area contributed by atoms with Crippen LogP contribution < -0.4 is 0 Å². The predicted molar refractivity (Wildman–Crippen MR) is 38.2 cm³/mol. The molecule has 10 heavy (non-hydrogen) atoms. The van der Waals surface area contributed by atoms with Gasteiger partial charge < -0.3 is 14.2 Å². The van der Waals surface area contributed by atoms with E-state index in [1.165, 1.54) is 0 Å². The molecule has 2 heterocycles. The van der Waals surface area contributed by atoms with Gasteiger partial charge in [-0.15, -0.1) is 0 Å². The Labute approximate surface area is 67.8 Å². The lowest BCUT2D eigenvalue weighted by molar-refractivity contribution is -0.296. The Kier molecular flexibility index (Phi) is 1.72. The van der Waals surface area contributed by atoms with E-state index < -0.39 is 0 Å². The number of alkyl halides is 1. The maximum Gasteiger partial charge on any atom is 0.216 e. The smallest absolute Gasteiger partial charge is 0.216 e. The maximum atomic E-state index is 5.54. The predicted octanol–water partition coefficient (Wildman–Crippen LogP) is 0.523. The molecule has 0 aliphatic carbocycles. The lowest BCUT2D eigenvalue weighted by atomic mass is 10.2. The van der Waals surface area contributed by atoms with Gasteiger partial charge in [-0.1, -0.05) is 15.9 Å². The van der Waals surface area contributed by atoms with Gasteiger partial charge in [0.1, 0.15) is 13.2 Å².